The Morgan fingerprint density at radius 2 is 1.83 bits per heavy atom. The van der Waals surface area contributed by atoms with Crippen molar-refractivity contribution in [1.29, 1.82) is 0 Å². The van der Waals surface area contributed by atoms with Crippen LogP contribution in [0.5, 0.6) is 11.5 Å². The molecule has 2 aromatic carbocycles. The summed E-state index contributed by atoms with van der Waals surface area (Å²) < 4.78 is 7.25. The molecule has 0 unspecified atom stereocenters. The third-order valence-electron chi connectivity index (χ3n) is 3.22. The Hall–Kier alpha value is -2.79. The van der Waals surface area contributed by atoms with Gasteiger partial charge in [0.05, 0.1) is 16.9 Å². The number of aromatic nitrogens is 2. The first-order valence-electron chi connectivity index (χ1n) is 6.96. The lowest BCUT2D eigenvalue weighted by molar-refractivity contribution is 0.101. The number of amides is 1. The smallest absolute Gasteiger partial charge is 0.275 e. The van der Waals surface area contributed by atoms with E-state index in [1.54, 1.807) is 19.2 Å². The molecule has 0 aliphatic carbocycles. The van der Waals surface area contributed by atoms with Gasteiger partial charge in [0, 0.05) is 7.05 Å². The number of para-hydroxylation sites is 3. The number of nitrogens with one attached hydrogen (secondary N) is 1. The van der Waals surface area contributed by atoms with Crippen LogP contribution in [0.1, 0.15) is 10.5 Å². The molecule has 6 heteroatoms. The fourth-order valence-corrected chi connectivity index (χ4v) is 2.37. The number of nitrogens with zero attached hydrogens (tertiary/aromatic N) is 2. The van der Waals surface area contributed by atoms with E-state index >= 15 is 0 Å². The highest BCUT2D eigenvalue weighted by Crippen LogP contribution is 2.29. The summed E-state index contributed by atoms with van der Waals surface area (Å²) in [7, 11) is 1.66. The molecule has 3 rings (SSSR count). The number of ether oxygens (including phenoxy) is 1. The van der Waals surface area contributed by atoms with Crippen molar-refractivity contribution in [1.82, 2.24) is 9.78 Å². The molecule has 0 saturated heterocycles. The monoisotopic (exact) mass is 327 g/mol. The molecule has 1 amide bonds. The molecule has 0 aliphatic rings. The van der Waals surface area contributed by atoms with Gasteiger partial charge in [0.15, 0.2) is 5.75 Å². The summed E-state index contributed by atoms with van der Waals surface area (Å²) in [6.07, 6.45) is 1.43. The maximum atomic E-state index is 12.4. The maximum absolute atomic E-state index is 12.4. The van der Waals surface area contributed by atoms with Gasteiger partial charge in [-0.15, -0.1) is 0 Å². The predicted molar refractivity (Wildman–Crippen MR) is 89.1 cm³/mol. The van der Waals surface area contributed by atoms with Gasteiger partial charge in [-0.05, 0) is 24.3 Å². The second-order valence-corrected chi connectivity index (χ2v) is 5.24. The molecule has 0 atom stereocenters. The minimum absolute atomic E-state index is 0.293. The Balaban J connectivity index is 1.85. The number of hydrogen-bond donors (Lipinski definition) is 1. The first-order chi connectivity index (χ1) is 11.1. The van der Waals surface area contributed by atoms with Crippen molar-refractivity contribution in [2.24, 2.45) is 7.05 Å². The van der Waals surface area contributed by atoms with Crippen LogP contribution in [0.3, 0.4) is 0 Å². The minimum atomic E-state index is -0.348. The highest BCUT2D eigenvalue weighted by molar-refractivity contribution is 6.34. The molecule has 0 spiro atoms. The number of hydrogen-bond acceptors (Lipinski definition) is 3. The van der Waals surface area contributed by atoms with Crippen LogP contribution in [0, 0.1) is 0 Å². The van der Waals surface area contributed by atoms with E-state index in [-0.39, 0.29) is 5.91 Å². The Morgan fingerprint density at radius 3 is 2.52 bits per heavy atom. The topological polar surface area (TPSA) is 56.2 Å². The molecular formula is C17H14ClN3O2. The van der Waals surface area contributed by atoms with Crippen LogP contribution in [0.4, 0.5) is 5.69 Å². The van der Waals surface area contributed by atoms with Crippen molar-refractivity contribution >= 4 is 23.2 Å². The van der Waals surface area contributed by atoms with Crippen molar-refractivity contribution in [2.75, 3.05) is 5.32 Å². The van der Waals surface area contributed by atoms with Crippen LogP contribution in [0.2, 0.25) is 5.02 Å². The summed E-state index contributed by atoms with van der Waals surface area (Å²) in [5.74, 6) is 0.886. The Bertz CT molecular complexity index is 811. The standard InChI is InChI=1S/C17H14ClN3O2/c1-21-16(13(18)11-19-21)17(22)20-14-9-5-6-10-15(14)23-12-7-3-2-4-8-12/h2-11H,1H3,(H,20,22). The average Bonchev–Trinajstić information content (AvgIpc) is 2.89. The molecule has 0 saturated carbocycles. The maximum Gasteiger partial charge on any atom is 0.275 e. The Labute approximate surface area is 138 Å². The number of halogens is 1. The third-order valence-corrected chi connectivity index (χ3v) is 3.49. The van der Waals surface area contributed by atoms with Gasteiger partial charge in [-0.3, -0.25) is 9.48 Å². The number of anilines is 1. The van der Waals surface area contributed by atoms with E-state index in [9.17, 15) is 4.79 Å². The lowest BCUT2D eigenvalue weighted by atomic mass is 10.2. The third kappa shape index (κ3) is 3.35. The van der Waals surface area contributed by atoms with E-state index in [1.165, 1.54) is 10.9 Å². The van der Waals surface area contributed by atoms with Crippen molar-refractivity contribution in [3.05, 3.63) is 71.5 Å². The summed E-state index contributed by atoms with van der Waals surface area (Å²) >= 11 is 6.00. The van der Waals surface area contributed by atoms with Crippen LogP contribution in [-0.4, -0.2) is 15.7 Å². The SMILES string of the molecule is Cn1ncc(Cl)c1C(=O)Nc1ccccc1Oc1ccccc1. The number of carbonyl (C=O) groups is 1. The molecule has 1 N–H and O–H groups in total. The van der Waals surface area contributed by atoms with E-state index in [0.717, 1.165) is 0 Å². The highest BCUT2D eigenvalue weighted by Gasteiger charge is 2.17. The van der Waals surface area contributed by atoms with Gasteiger partial charge in [0.2, 0.25) is 0 Å². The second-order valence-electron chi connectivity index (χ2n) is 4.83. The zero-order valence-electron chi connectivity index (χ0n) is 12.4. The Kier molecular flexibility index (Phi) is 4.30. The van der Waals surface area contributed by atoms with Gasteiger partial charge in [-0.25, -0.2) is 0 Å². The van der Waals surface area contributed by atoms with Gasteiger partial charge in [0.1, 0.15) is 11.4 Å². The molecule has 0 radical (unpaired) electrons. The fourth-order valence-electron chi connectivity index (χ4n) is 2.12. The molecule has 0 bridgehead atoms. The quantitative estimate of drug-likeness (QED) is 0.784. The van der Waals surface area contributed by atoms with Crippen LogP contribution in [-0.2, 0) is 7.05 Å². The van der Waals surface area contributed by atoms with Crippen molar-refractivity contribution in [2.45, 2.75) is 0 Å². The fraction of sp³-hybridized carbons (Fsp3) is 0.0588. The normalized spacial score (nSPS) is 10.3. The van der Waals surface area contributed by atoms with Crippen molar-refractivity contribution in [3.8, 4) is 11.5 Å². The minimum Gasteiger partial charge on any atom is -0.455 e. The highest BCUT2D eigenvalue weighted by atomic mass is 35.5. The van der Waals surface area contributed by atoms with Gasteiger partial charge in [0.25, 0.3) is 5.91 Å². The number of aryl methyl sites for hydroxylation is 1. The second kappa shape index (κ2) is 6.54. The van der Waals surface area contributed by atoms with Crippen LogP contribution < -0.4 is 10.1 Å². The van der Waals surface area contributed by atoms with E-state index in [2.05, 4.69) is 10.4 Å². The number of rotatable bonds is 4. The first-order valence-corrected chi connectivity index (χ1v) is 7.34. The van der Waals surface area contributed by atoms with E-state index in [0.29, 0.717) is 27.9 Å². The molecule has 5 nitrogen and oxygen atoms in total. The molecule has 1 aromatic heterocycles. The van der Waals surface area contributed by atoms with Gasteiger partial charge < -0.3 is 10.1 Å². The van der Waals surface area contributed by atoms with Crippen LogP contribution in [0.25, 0.3) is 0 Å². The summed E-state index contributed by atoms with van der Waals surface area (Å²) in [5.41, 5.74) is 0.847. The van der Waals surface area contributed by atoms with Crippen LogP contribution in [0.15, 0.2) is 60.8 Å². The molecule has 3 aromatic rings. The van der Waals surface area contributed by atoms with Crippen LogP contribution >= 0.6 is 11.6 Å². The van der Waals surface area contributed by atoms with Gasteiger partial charge in [-0.2, -0.15) is 5.10 Å². The van der Waals surface area contributed by atoms with Gasteiger partial charge in [-0.1, -0.05) is 41.9 Å². The zero-order chi connectivity index (χ0) is 16.2. The first kappa shape index (κ1) is 15.1. The summed E-state index contributed by atoms with van der Waals surface area (Å²) in [6.45, 7) is 0. The molecule has 0 fully saturated rings. The van der Waals surface area contributed by atoms with E-state index in [1.807, 2.05) is 42.5 Å². The number of carbonyl (C=O) groups excluding carboxylic acids is 1. The predicted octanol–water partition coefficient (Wildman–Crippen LogP) is 4.12. The van der Waals surface area contributed by atoms with E-state index < -0.39 is 0 Å². The molecule has 0 aliphatic heterocycles. The zero-order valence-corrected chi connectivity index (χ0v) is 13.1. The molecule has 116 valence electrons. The Morgan fingerprint density at radius 1 is 1.13 bits per heavy atom. The van der Waals surface area contributed by atoms with Crippen molar-refractivity contribution < 1.29 is 9.53 Å². The lowest BCUT2D eigenvalue weighted by Crippen LogP contribution is -2.17. The van der Waals surface area contributed by atoms with Gasteiger partial charge >= 0.3 is 0 Å². The van der Waals surface area contributed by atoms with E-state index in [4.69, 9.17) is 16.3 Å². The molecule has 1 heterocycles. The number of benzene rings is 2. The average molecular weight is 328 g/mol. The molecule has 23 heavy (non-hydrogen) atoms. The largest absolute Gasteiger partial charge is 0.455 e. The lowest BCUT2D eigenvalue weighted by Gasteiger charge is -2.12. The summed E-state index contributed by atoms with van der Waals surface area (Å²) in [5, 5.41) is 7.06. The summed E-state index contributed by atoms with van der Waals surface area (Å²) in [6, 6.07) is 16.6. The molecular weight excluding hydrogens is 314 g/mol. The summed E-state index contributed by atoms with van der Waals surface area (Å²) in [4.78, 5) is 12.4. The van der Waals surface area contributed by atoms with Crippen molar-refractivity contribution in [3.63, 3.8) is 0 Å².